The van der Waals surface area contributed by atoms with Gasteiger partial charge in [-0.3, -0.25) is 9.69 Å². The maximum absolute atomic E-state index is 12.3. The summed E-state index contributed by atoms with van der Waals surface area (Å²) in [5, 5.41) is 6.14. The van der Waals surface area contributed by atoms with Gasteiger partial charge in [-0.1, -0.05) is 25.7 Å². The molecule has 6 nitrogen and oxygen atoms in total. The number of carbonyl (C=O) groups is 2. The molecule has 0 unspecified atom stereocenters. The predicted molar refractivity (Wildman–Crippen MR) is 98.5 cm³/mol. The highest BCUT2D eigenvalue weighted by Gasteiger charge is 2.25. The van der Waals surface area contributed by atoms with Crippen LogP contribution in [0.15, 0.2) is 0 Å². The summed E-state index contributed by atoms with van der Waals surface area (Å²) < 4.78 is 5.30. The van der Waals surface area contributed by atoms with E-state index in [1.807, 2.05) is 20.8 Å². The molecule has 0 aromatic rings. The lowest BCUT2D eigenvalue weighted by Gasteiger charge is -2.32. The fourth-order valence-electron chi connectivity index (χ4n) is 3.61. The Bertz CT molecular complexity index is 432. The van der Waals surface area contributed by atoms with Crippen LogP contribution in [0, 0.1) is 0 Å². The van der Waals surface area contributed by atoms with Gasteiger partial charge in [-0.25, -0.2) is 4.79 Å². The molecular formula is C19H35N3O3. The zero-order valence-corrected chi connectivity index (χ0v) is 16.1. The second-order valence-corrected chi connectivity index (χ2v) is 8.45. The molecule has 0 aromatic heterocycles. The van der Waals surface area contributed by atoms with Crippen LogP contribution in [0.4, 0.5) is 4.79 Å². The molecule has 1 aliphatic heterocycles. The maximum atomic E-state index is 12.3. The zero-order chi connectivity index (χ0) is 18.3. The average Bonchev–Trinajstić information content (AvgIpc) is 2.76. The van der Waals surface area contributed by atoms with Crippen LogP contribution in [0.1, 0.15) is 72.1 Å². The topological polar surface area (TPSA) is 70.7 Å². The van der Waals surface area contributed by atoms with Crippen molar-refractivity contribution in [3.05, 3.63) is 0 Å². The molecule has 6 heteroatoms. The molecule has 1 aliphatic carbocycles. The first-order valence-electron chi connectivity index (χ1n) is 9.83. The number of ether oxygens (including phenoxy) is 1. The molecule has 2 amide bonds. The fourth-order valence-corrected chi connectivity index (χ4v) is 3.61. The van der Waals surface area contributed by atoms with E-state index >= 15 is 0 Å². The van der Waals surface area contributed by atoms with Crippen LogP contribution in [0.25, 0.3) is 0 Å². The molecule has 0 spiro atoms. The number of likely N-dealkylation sites (tertiary alicyclic amines) is 1. The molecule has 2 aliphatic rings. The largest absolute Gasteiger partial charge is 0.444 e. The molecule has 1 heterocycles. The van der Waals surface area contributed by atoms with Gasteiger partial charge in [0, 0.05) is 25.2 Å². The quantitative estimate of drug-likeness (QED) is 0.763. The summed E-state index contributed by atoms with van der Waals surface area (Å²) in [6, 6.07) is 0.498. The molecule has 2 rings (SSSR count). The van der Waals surface area contributed by atoms with Crippen molar-refractivity contribution in [1.29, 1.82) is 0 Å². The first-order valence-corrected chi connectivity index (χ1v) is 9.83. The van der Waals surface area contributed by atoms with Crippen LogP contribution in [0.3, 0.4) is 0 Å². The van der Waals surface area contributed by atoms with Gasteiger partial charge in [0.15, 0.2) is 0 Å². The van der Waals surface area contributed by atoms with Crippen LogP contribution in [0.5, 0.6) is 0 Å². The fraction of sp³-hybridized carbons (Fsp3) is 0.895. The van der Waals surface area contributed by atoms with Crippen molar-refractivity contribution < 1.29 is 14.3 Å². The SMILES string of the molecule is CC(C)(C)OC(=O)NC1CCN(CC(=O)NC2CCCCCC2)CC1. The van der Waals surface area contributed by atoms with E-state index in [0.717, 1.165) is 38.8 Å². The molecule has 2 fully saturated rings. The van der Waals surface area contributed by atoms with Gasteiger partial charge in [0.1, 0.15) is 5.60 Å². The molecule has 0 bridgehead atoms. The number of rotatable bonds is 4. The van der Waals surface area contributed by atoms with Gasteiger partial charge in [-0.05, 0) is 46.5 Å². The number of amides is 2. The van der Waals surface area contributed by atoms with Gasteiger partial charge >= 0.3 is 6.09 Å². The lowest BCUT2D eigenvalue weighted by molar-refractivity contribution is -0.123. The third kappa shape index (κ3) is 8.08. The summed E-state index contributed by atoms with van der Waals surface area (Å²) in [5.74, 6) is 0.144. The lowest BCUT2D eigenvalue weighted by atomic mass is 10.1. The number of nitrogens with one attached hydrogen (secondary N) is 2. The molecule has 0 atom stereocenters. The third-order valence-electron chi connectivity index (χ3n) is 4.90. The van der Waals surface area contributed by atoms with E-state index in [0.29, 0.717) is 12.6 Å². The zero-order valence-electron chi connectivity index (χ0n) is 16.1. The van der Waals surface area contributed by atoms with Crippen molar-refractivity contribution in [3.8, 4) is 0 Å². The number of alkyl carbamates (subject to hydrolysis) is 1. The number of hydrogen-bond acceptors (Lipinski definition) is 4. The summed E-state index contributed by atoms with van der Waals surface area (Å²) in [6.45, 7) is 7.72. The summed E-state index contributed by atoms with van der Waals surface area (Å²) in [4.78, 5) is 26.3. The maximum Gasteiger partial charge on any atom is 0.407 e. The molecular weight excluding hydrogens is 318 g/mol. The normalized spacial score (nSPS) is 21.4. The Balaban J connectivity index is 1.64. The van der Waals surface area contributed by atoms with Crippen molar-refractivity contribution >= 4 is 12.0 Å². The van der Waals surface area contributed by atoms with Crippen LogP contribution in [0.2, 0.25) is 0 Å². The summed E-state index contributed by atoms with van der Waals surface area (Å²) in [7, 11) is 0. The predicted octanol–water partition coefficient (Wildman–Crippen LogP) is 2.81. The molecule has 1 saturated carbocycles. The van der Waals surface area contributed by atoms with E-state index in [1.54, 1.807) is 0 Å². The van der Waals surface area contributed by atoms with Crippen LogP contribution < -0.4 is 10.6 Å². The lowest BCUT2D eigenvalue weighted by Crippen LogP contribution is -2.49. The Labute approximate surface area is 152 Å². The highest BCUT2D eigenvalue weighted by atomic mass is 16.6. The first kappa shape index (κ1) is 20.0. The standard InChI is InChI=1S/C19H35N3O3/c1-19(2,3)25-18(24)21-16-10-12-22(13-11-16)14-17(23)20-15-8-6-4-5-7-9-15/h15-16H,4-14H2,1-3H3,(H,20,23)(H,21,24). The number of piperidine rings is 1. The van der Waals surface area contributed by atoms with Gasteiger partial charge in [0.25, 0.3) is 0 Å². The van der Waals surface area contributed by atoms with E-state index in [1.165, 1.54) is 25.7 Å². The van der Waals surface area contributed by atoms with Crippen LogP contribution in [-0.4, -0.2) is 54.2 Å². The third-order valence-corrected chi connectivity index (χ3v) is 4.90. The van der Waals surface area contributed by atoms with Gasteiger partial charge in [0.2, 0.25) is 5.91 Å². The first-order chi connectivity index (χ1) is 11.8. The van der Waals surface area contributed by atoms with Crippen molar-refractivity contribution in [1.82, 2.24) is 15.5 Å². The summed E-state index contributed by atoms with van der Waals surface area (Å²) in [5.41, 5.74) is -0.471. The van der Waals surface area contributed by atoms with Crippen molar-refractivity contribution in [2.75, 3.05) is 19.6 Å². The molecule has 144 valence electrons. The Morgan fingerprint density at radius 2 is 1.48 bits per heavy atom. The van der Waals surface area contributed by atoms with Gasteiger partial charge < -0.3 is 15.4 Å². The van der Waals surface area contributed by atoms with E-state index < -0.39 is 5.60 Å². The van der Waals surface area contributed by atoms with E-state index in [2.05, 4.69) is 15.5 Å². The summed E-state index contributed by atoms with van der Waals surface area (Å²) >= 11 is 0. The minimum absolute atomic E-state index is 0.135. The molecule has 0 radical (unpaired) electrons. The minimum atomic E-state index is -0.471. The van der Waals surface area contributed by atoms with Gasteiger partial charge in [0.05, 0.1) is 6.54 Å². The number of nitrogens with zero attached hydrogens (tertiary/aromatic N) is 1. The second-order valence-electron chi connectivity index (χ2n) is 8.45. The molecule has 1 saturated heterocycles. The van der Waals surface area contributed by atoms with Gasteiger partial charge in [-0.15, -0.1) is 0 Å². The highest BCUT2D eigenvalue weighted by molar-refractivity contribution is 5.78. The monoisotopic (exact) mass is 353 g/mol. The van der Waals surface area contributed by atoms with E-state index in [-0.39, 0.29) is 18.0 Å². The molecule has 0 aromatic carbocycles. The van der Waals surface area contributed by atoms with Crippen molar-refractivity contribution in [2.24, 2.45) is 0 Å². The van der Waals surface area contributed by atoms with Gasteiger partial charge in [-0.2, -0.15) is 0 Å². The molecule has 2 N–H and O–H groups in total. The minimum Gasteiger partial charge on any atom is -0.444 e. The molecule has 25 heavy (non-hydrogen) atoms. The highest BCUT2D eigenvalue weighted by Crippen LogP contribution is 2.17. The Kier molecular flexibility index (Phi) is 7.54. The Morgan fingerprint density at radius 3 is 2.04 bits per heavy atom. The smallest absolute Gasteiger partial charge is 0.407 e. The number of carbonyl (C=O) groups excluding carboxylic acids is 2. The van der Waals surface area contributed by atoms with Crippen molar-refractivity contribution in [2.45, 2.75) is 89.8 Å². The van der Waals surface area contributed by atoms with Crippen LogP contribution in [-0.2, 0) is 9.53 Å². The van der Waals surface area contributed by atoms with E-state index in [4.69, 9.17) is 4.74 Å². The Morgan fingerprint density at radius 1 is 0.920 bits per heavy atom. The second kappa shape index (κ2) is 9.41. The number of hydrogen-bond donors (Lipinski definition) is 2. The summed E-state index contributed by atoms with van der Waals surface area (Å²) in [6.07, 6.45) is 8.65. The Hall–Kier alpha value is -1.30. The average molecular weight is 354 g/mol. The van der Waals surface area contributed by atoms with E-state index in [9.17, 15) is 9.59 Å². The van der Waals surface area contributed by atoms with Crippen molar-refractivity contribution in [3.63, 3.8) is 0 Å². The van der Waals surface area contributed by atoms with Crippen LogP contribution >= 0.6 is 0 Å².